The van der Waals surface area contributed by atoms with Crippen LogP contribution in [-0.2, 0) is 4.79 Å². The number of benzene rings is 2. The minimum atomic E-state index is -0.499. The first-order valence-electron chi connectivity index (χ1n) is 8.96. The molecule has 7 heteroatoms. The topological polar surface area (TPSA) is 79.5 Å². The standard InChI is InChI=1S/C21H25N3O3S/c1-5-27-17-12-7-6-11-16(17)18(25)24-20(28)23-15-10-8-9-14(13-15)22-19(26)21(2,3)4/h6-13H,5H2,1-4H3,(H,22,26)(H2,23,24,25,28). The molecule has 0 fully saturated rings. The molecule has 2 aromatic carbocycles. The summed E-state index contributed by atoms with van der Waals surface area (Å²) >= 11 is 5.24. The number of anilines is 2. The minimum Gasteiger partial charge on any atom is -0.493 e. The van der Waals surface area contributed by atoms with Gasteiger partial charge in [0.05, 0.1) is 12.2 Å². The van der Waals surface area contributed by atoms with E-state index >= 15 is 0 Å². The number of hydrogen-bond donors (Lipinski definition) is 3. The third kappa shape index (κ3) is 6.06. The van der Waals surface area contributed by atoms with Crippen LogP contribution in [0.5, 0.6) is 5.75 Å². The van der Waals surface area contributed by atoms with E-state index in [0.717, 1.165) is 0 Å². The first-order chi connectivity index (χ1) is 13.2. The summed E-state index contributed by atoms with van der Waals surface area (Å²) in [5, 5.41) is 8.60. The molecular weight excluding hydrogens is 374 g/mol. The molecule has 0 heterocycles. The number of ether oxygens (including phenoxy) is 1. The lowest BCUT2D eigenvalue weighted by molar-refractivity contribution is -0.123. The van der Waals surface area contributed by atoms with Crippen LogP contribution in [0.15, 0.2) is 48.5 Å². The van der Waals surface area contributed by atoms with Crippen molar-refractivity contribution in [2.45, 2.75) is 27.7 Å². The van der Waals surface area contributed by atoms with Crippen molar-refractivity contribution in [2.24, 2.45) is 5.41 Å². The molecule has 0 saturated heterocycles. The van der Waals surface area contributed by atoms with Gasteiger partial charge < -0.3 is 15.4 Å². The van der Waals surface area contributed by atoms with Crippen LogP contribution in [-0.4, -0.2) is 23.5 Å². The number of rotatable bonds is 5. The number of thiocarbonyl (C=S) groups is 1. The first-order valence-corrected chi connectivity index (χ1v) is 9.37. The Kier molecular flexibility index (Phi) is 7.12. The van der Waals surface area contributed by atoms with Crippen molar-refractivity contribution in [2.75, 3.05) is 17.2 Å². The molecular formula is C21H25N3O3S. The molecule has 0 saturated carbocycles. The van der Waals surface area contributed by atoms with E-state index in [1.54, 1.807) is 48.5 Å². The van der Waals surface area contributed by atoms with Crippen molar-refractivity contribution >= 4 is 40.5 Å². The largest absolute Gasteiger partial charge is 0.493 e. The van der Waals surface area contributed by atoms with E-state index < -0.39 is 5.41 Å². The zero-order chi connectivity index (χ0) is 20.7. The molecule has 2 rings (SSSR count). The molecule has 28 heavy (non-hydrogen) atoms. The molecule has 2 aromatic rings. The van der Waals surface area contributed by atoms with Gasteiger partial charge in [-0.3, -0.25) is 14.9 Å². The van der Waals surface area contributed by atoms with Gasteiger partial charge in [0.15, 0.2) is 5.11 Å². The zero-order valence-corrected chi connectivity index (χ0v) is 17.3. The van der Waals surface area contributed by atoms with E-state index in [1.165, 1.54) is 0 Å². The fourth-order valence-electron chi connectivity index (χ4n) is 2.26. The Balaban J connectivity index is 2.03. The van der Waals surface area contributed by atoms with E-state index in [-0.39, 0.29) is 16.9 Å². The Labute approximate surface area is 170 Å². The number of amides is 2. The Morgan fingerprint density at radius 2 is 1.64 bits per heavy atom. The van der Waals surface area contributed by atoms with E-state index in [4.69, 9.17) is 17.0 Å². The minimum absolute atomic E-state index is 0.0898. The molecule has 3 N–H and O–H groups in total. The summed E-state index contributed by atoms with van der Waals surface area (Å²) in [4.78, 5) is 24.6. The average Bonchev–Trinajstić information content (AvgIpc) is 2.61. The van der Waals surface area contributed by atoms with Gasteiger partial charge in [0, 0.05) is 16.8 Å². The van der Waals surface area contributed by atoms with Crippen molar-refractivity contribution in [3.8, 4) is 5.75 Å². The number of hydrogen-bond acceptors (Lipinski definition) is 4. The SMILES string of the molecule is CCOc1ccccc1C(=O)NC(=S)Nc1cccc(NC(=O)C(C)(C)C)c1. The van der Waals surface area contributed by atoms with Crippen LogP contribution in [0.1, 0.15) is 38.1 Å². The summed E-state index contributed by atoms with van der Waals surface area (Å²) in [6.45, 7) is 7.84. The second-order valence-corrected chi connectivity index (χ2v) is 7.53. The van der Waals surface area contributed by atoms with E-state index in [2.05, 4.69) is 16.0 Å². The quantitative estimate of drug-likeness (QED) is 0.657. The monoisotopic (exact) mass is 399 g/mol. The maximum absolute atomic E-state index is 12.5. The number of carbonyl (C=O) groups excluding carboxylic acids is 2. The first kappa shape index (κ1) is 21.4. The molecule has 148 valence electrons. The molecule has 0 atom stereocenters. The lowest BCUT2D eigenvalue weighted by atomic mass is 9.95. The van der Waals surface area contributed by atoms with Gasteiger partial charge in [0.2, 0.25) is 5.91 Å². The highest BCUT2D eigenvalue weighted by molar-refractivity contribution is 7.80. The average molecular weight is 400 g/mol. The van der Waals surface area contributed by atoms with Crippen LogP contribution < -0.4 is 20.7 Å². The van der Waals surface area contributed by atoms with Gasteiger partial charge >= 0.3 is 0 Å². The second kappa shape index (κ2) is 9.32. The Hall–Kier alpha value is -2.93. The molecule has 0 aliphatic rings. The Morgan fingerprint density at radius 1 is 1.00 bits per heavy atom. The van der Waals surface area contributed by atoms with Gasteiger partial charge in [-0.1, -0.05) is 39.0 Å². The normalized spacial score (nSPS) is 10.7. The highest BCUT2D eigenvalue weighted by Crippen LogP contribution is 2.20. The summed E-state index contributed by atoms with van der Waals surface area (Å²) in [6, 6.07) is 14.1. The Bertz CT molecular complexity index is 875. The maximum atomic E-state index is 12.5. The van der Waals surface area contributed by atoms with E-state index in [1.807, 2.05) is 27.7 Å². The molecule has 0 aliphatic heterocycles. The lowest BCUT2D eigenvalue weighted by Crippen LogP contribution is -2.34. The van der Waals surface area contributed by atoms with Gasteiger partial charge in [-0.25, -0.2) is 0 Å². The zero-order valence-electron chi connectivity index (χ0n) is 16.5. The highest BCUT2D eigenvalue weighted by atomic mass is 32.1. The summed E-state index contributed by atoms with van der Waals surface area (Å²) in [5.74, 6) is 0.0454. The number of carbonyl (C=O) groups is 2. The predicted octanol–water partition coefficient (Wildman–Crippen LogP) is 4.20. The van der Waals surface area contributed by atoms with Gasteiger partial charge in [-0.15, -0.1) is 0 Å². The second-order valence-electron chi connectivity index (χ2n) is 7.12. The van der Waals surface area contributed by atoms with Crippen LogP contribution in [0.2, 0.25) is 0 Å². The van der Waals surface area contributed by atoms with Crippen molar-refractivity contribution in [3.63, 3.8) is 0 Å². The number of para-hydroxylation sites is 1. The maximum Gasteiger partial charge on any atom is 0.261 e. The molecule has 0 radical (unpaired) electrons. The van der Waals surface area contributed by atoms with Gasteiger partial charge in [0.25, 0.3) is 5.91 Å². The predicted molar refractivity (Wildman–Crippen MR) is 116 cm³/mol. The molecule has 0 unspecified atom stereocenters. The van der Waals surface area contributed by atoms with Crippen LogP contribution >= 0.6 is 12.2 Å². The van der Waals surface area contributed by atoms with Crippen molar-refractivity contribution in [1.29, 1.82) is 0 Å². The molecule has 0 aliphatic carbocycles. The number of nitrogens with one attached hydrogen (secondary N) is 3. The molecule has 6 nitrogen and oxygen atoms in total. The van der Waals surface area contributed by atoms with Gasteiger partial charge in [-0.05, 0) is 49.5 Å². The molecule has 2 amide bonds. The summed E-state index contributed by atoms with van der Waals surface area (Å²) < 4.78 is 5.47. The van der Waals surface area contributed by atoms with Gasteiger partial charge in [-0.2, -0.15) is 0 Å². The summed E-state index contributed by atoms with van der Waals surface area (Å²) in [6.07, 6.45) is 0. The van der Waals surface area contributed by atoms with Crippen molar-refractivity contribution in [3.05, 3.63) is 54.1 Å². The van der Waals surface area contributed by atoms with Crippen LogP contribution in [0.3, 0.4) is 0 Å². The third-order valence-electron chi connectivity index (χ3n) is 3.72. The van der Waals surface area contributed by atoms with Crippen LogP contribution in [0, 0.1) is 5.41 Å². The smallest absolute Gasteiger partial charge is 0.261 e. The lowest BCUT2D eigenvalue weighted by Gasteiger charge is -2.18. The molecule has 0 spiro atoms. The fraction of sp³-hybridized carbons (Fsp3) is 0.286. The molecule has 0 aromatic heterocycles. The van der Waals surface area contributed by atoms with Crippen molar-refractivity contribution in [1.82, 2.24) is 5.32 Å². The van der Waals surface area contributed by atoms with Crippen molar-refractivity contribution < 1.29 is 14.3 Å². The molecule has 0 bridgehead atoms. The Morgan fingerprint density at radius 3 is 2.29 bits per heavy atom. The highest BCUT2D eigenvalue weighted by Gasteiger charge is 2.21. The third-order valence-corrected chi connectivity index (χ3v) is 3.92. The van der Waals surface area contributed by atoms with E-state index in [0.29, 0.717) is 29.3 Å². The summed E-state index contributed by atoms with van der Waals surface area (Å²) in [5.41, 5.74) is 1.19. The van der Waals surface area contributed by atoms with E-state index in [9.17, 15) is 9.59 Å². The van der Waals surface area contributed by atoms with Gasteiger partial charge in [0.1, 0.15) is 5.75 Å². The summed E-state index contributed by atoms with van der Waals surface area (Å²) in [7, 11) is 0. The fourth-order valence-corrected chi connectivity index (χ4v) is 2.47. The van der Waals surface area contributed by atoms with Crippen LogP contribution in [0.4, 0.5) is 11.4 Å². The van der Waals surface area contributed by atoms with Crippen LogP contribution in [0.25, 0.3) is 0 Å².